The molecule has 0 radical (unpaired) electrons. The van der Waals surface area contributed by atoms with Gasteiger partial charge in [0.2, 0.25) is 0 Å². The maximum atomic E-state index is 13.0. The number of amides is 2. The third-order valence-corrected chi connectivity index (χ3v) is 4.69. The van der Waals surface area contributed by atoms with E-state index in [9.17, 15) is 9.59 Å². The summed E-state index contributed by atoms with van der Waals surface area (Å²) in [5.74, 6) is -0.885. The molecule has 25 heavy (non-hydrogen) atoms. The third-order valence-electron chi connectivity index (χ3n) is 4.69. The summed E-state index contributed by atoms with van der Waals surface area (Å²) in [5.41, 5.74) is 3.00. The molecule has 1 aliphatic heterocycles. The fourth-order valence-electron chi connectivity index (χ4n) is 3.37. The fourth-order valence-corrected chi connectivity index (χ4v) is 3.37. The molecule has 0 bridgehead atoms. The number of anilines is 1. The fraction of sp³-hybridized carbons (Fsp3) is 0.333. The summed E-state index contributed by atoms with van der Waals surface area (Å²) in [6, 6.07) is 17.5. The number of rotatable bonds is 3. The summed E-state index contributed by atoms with van der Waals surface area (Å²) < 4.78 is 0. The van der Waals surface area contributed by atoms with Crippen LogP contribution in [0.1, 0.15) is 31.9 Å². The molecule has 0 fully saturated rings. The molecule has 2 aromatic carbocycles. The Hall–Kier alpha value is -2.62. The van der Waals surface area contributed by atoms with Gasteiger partial charge >= 0.3 is 11.8 Å². The normalized spacial score (nSPS) is 16.0. The monoisotopic (exact) mass is 336 g/mol. The van der Waals surface area contributed by atoms with Gasteiger partial charge in [0.1, 0.15) is 0 Å². The first-order valence-electron chi connectivity index (χ1n) is 8.75. The van der Waals surface area contributed by atoms with Crippen LogP contribution in [0.5, 0.6) is 0 Å². The molecule has 1 aliphatic rings. The highest BCUT2D eigenvalue weighted by Gasteiger charge is 2.36. The molecule has 1 unspecified atom stereocenters. The molecular formula is C21H24N2O2. The maximum absolute atomic E-state index is 13.0. The molecule has 4 nitrogen and oxygen atoms in total. The largest absolute Gasteiger partial charge is 0.328 e. The van der Waals surface area contributed by atoms with Gasteiger partial charge in [-0.25, -0.2) is 0 Å². The lowest BCUT2D eigenvalue weighted by atomic mass is 10.1. The van der Waals surface area contributed by atoms with Crippen molar-refractivity contribution in [1.82, 2.24) is 4.90 Å². The van der Waals surface area contributed by atoms with Crippen LogP contribution in [-0.4, -0.2) is 28.8 Å². The van der Waals surface area contributed by atoms with Crippen LogP contribution in [0.3, 0.4) is 0 Å². The minimum absolute atomic E-state index is 0.000382. The topological polar surface area (TPSA) is 40.6 Å². The van der Waals surface area contributed by atoms with Crippen LogP contribution in [0.25, 0.3) is 0 Å². The van der Waals surface area contributed by atoms with Gasteiger partial charge in [-0.3, -0.25) is 9.59 Å². The number of para-hydroxylation sites is 1. The number of carbonyl (C=O) groups excluding carboxylic acids is 2. The van der Waals surface area contributed by atoms with Gasteiger partial charge in [-0.2, -0.15) is 0 Å². The zero-order valence-electron chi connectivity index (χ0n) is 15.0. The summed E-state index contributed by atoms with van der Waals surface area (Å²) in [6.45, 7) is 6.31. The number of carbonyl (C=O) groups is 2. The smallest absolute Gasteiger partial charge is 0.316 e. The molecule has 2 aromatic rings. The second-order valence-corrected chi connectivity index (χ2v) is 6.87. The van der Waals surface area contributed by atoms with Crippen LogP contribution < -0.4 is 4.90 Å². The Balaban J connectivity index is 1.84. The summed E-state index contributed by atoms with van der Waals surface area (Å²) >= 11 is 0. The van der Waals surface area contributed by atoms with Crippen molar-refractivity contribution >= 4 is 17.5 Å². The first kappa shape index (κ1) is 17.2. The van der Waals surface area contributed by atoms with E-state index in [4.69, 9.17) is 0 Å². The summed E-state index contributed by atoms with van der Waals surface area (Å²) in [7, 11) is 0. The molecule has 1 atom stereocenters. The Morgan fingerprint density at radius 3 is 2.40 bits per heavy atom. The number of nitrogens with zero attached hydrogens (tertiary/aromatic N) is 2. The zero-order valence-corrected chi connectivity index (χ0v) is 15.0. The highest BCUT2D eigenvalue weighted by atomic mass is 16.2. The Labute approximate surface area is 149 Å². The lowest BCUT2D eigenvalue weighted by Crippen LogP contribution is -2.49. The van der Waals surface area contributed by atoms with Crippen LogP contribution in [0.4, 0.5) is 5.69 Å². The van der Waals surface area contributed by atoms with E-state index in [-0.39, 0.29) is 12.1 Å². The van der Waals surface area contributed by atoms with Gasteiger partial charge in [0, 0.05) is 24.3 Å². The maximum Gasteiger partial charge on any atom is 0.316 e. The lowest BCUT2D eigenvalue weighted by molar-refractivity contribution is -0.146. The number of fused-ring (bicyclic) bond motifs is 1. The zero-order chi connectivity index (χ0) is 18.0. The van der Waals surface area contributed by atoms with Crippen molar-refractivity contribution in [3.63, 3.8) is 0 Å². The van der Waals surface area contributed by atoms with Crippen molar-refractivity contribution in [2.45, 2.75) is 45.8 Å². The molecule has 4 heteroatoms. The van der Waals surface area contributed by atoms with E-state index in [0.717, 1.165) is 23.2 Å². The summed E-state index contributed by atoms with van der Waals surface area (Å²) in [4.78, 5) is 29.3. The summed E-state index contributed by atoms with van der Waals surface area (Å²) in [6.07, 6.45) is 0.787. The first-order chi connectivity index (χ1) is 12.0. The lowest BCUT2D eigenvalue weighted by Gasteiger charge is -2.30. The molecule has 0 N–H and O–H groups in total. The second kappa shape index (κ2) is 7.09. The van der Waals surface area contributed by atoms with E-state index in [1.165, 1.54) is 0 Å². The van der Waals surface area contributed by atoms with Crippen LogP contribution in [0.2, 0.25) is 0 Å². The van der Waals surface area contributed by atoms with Crippen LogP contribution in [0.15, 0.2) is 54.6 Å². The van der Waals surface area contributed by atoms with Crippen molar-refractivity contribution < 1.29 is 9.59 Å². The van der Waals surface area contributed by atoms with Crippen molar-refractivity contribution in [1.29, 1.82) is 0 Å². The SMILES string of the molecule is CC(C)N(Cc1ccccc1)C(=O)C(=O)N1c2ccccc2CC1C. The van der Waals surface area contributed by atoms with Gasteiger partial charge in [0.15, 0.2) is 0 Å². The average Bonchev–Trinajstić information content (AvgIpc) is 2.94. The van der Waals surface area contributed by atoms with E-state index in [1.807, 2.05) is 75.4 Å². The molecule has 3 rings (SSSR count). The third kappa shape index (κ3) is 3.43. The Bertz CT molecular complexity index is 770. The van der Waals surface area contributed by atoms with Gasteiger partial charge in [0.25, 0.3) is 0 Å². The van der Waals surface area contributed by atoms with Crippen LogP contribution in [-0.2, 0) is 22.6 Å². The predicted molar refractivity (Wildman–Crippen MR) is 99.2 cm³/mol. The molecule has 0 saturated carbocycles. The first-order valence-corrected chi connectivity index (χ1v) is 8.75. The second-order valence-electron chi connectivity index (χ2n) is 6.87. The molecule has 0 aromatic heterocycles. The van der Waals surface area contributed by atoms with Gasteiger partial charge in [-0.1, -0.05) is 48.5 Å². The van der Waals surface area contributed by atoms with Gasteiger partial charge in [-0.05, 0) is 44.4 Å². The van der Waals surface area contributed by atoms with E-state index in [2.05, 4.69) is 0 Å². The quantitative estimate of drug-likeness (QED) is 0.806. The molecule has 1 heterocycles. The van der Waals surface area contributed by atoms with Crippen molar-refractivity contribution in [2.24, 2.45) is 0 Å². The van der Waals surface area contributed by atoms with Crippen molar-refractivity contribution in [3.8, 4) is 0 Å². The van der Waals surface area contributed by atoms with Crippen LogP contribution in [0, 0.1) is 0 Å². The van der Waals surface area contributed by atoms with E-state index in [0.29, 0.717) is 6.54 Å². The molecular weight excluding hydrogens is 312 g/mol. The van der Waals surface area contributed by atoms with Gasteiger partial charge < -0.3 is 9.80 Å². The molecule has 0 saturated heterocycles. The summed E-state index contributed by atoms with van der Waals surface area (Å²) in [5, 5.41) is 0. The number of hydrogen-bond acceptors (Lipinski definition) is 2. The highest BCUT2D eigenvalue weighted by Crippen LogP contribution is 2.32. The van der Waals surface area contributed by atoms with E-state index >= 15 is 0 Å². The molecule has 130 valence electrons. The average molecular weight is 336 g/mol. The Morgan fingerprint density at radius 1 is 1.08 bits per heavy atom. The molecule has 0 spiro atoms. The van der Waals surface area contributed by atoms with E-state index < -0.39 is 11.8 Å². The standard InChI is InChI=1S/C21H24N2O2/c1-15(2)22(14-17-9-5-4-6-10-17)20(24)21(25)23-16(3)13-18-11-7-8-12-19(18)23/h4-12,15-16H,13-14H2,1-3H3. The van der Waals surface area contributed by atoms with E-state index in [1.54, 1.807) is 9.80 Å². The van der Waals surface area contributed by atoms with Gasteiger partial charge in [-0.15, -0.1) is 0 Å². The number of hydrogen-bond donors (Lipinski definition) is 0. The molecule has 2 amide bonds. The number of benzene rings is 2. The Kier molecular flexibility index (Phi) is 4.88. The highest BCUT2D eigenvalue weighted by molar-refractivity contribution is 6.40. The van der Waals surface area contributed by atoms with Crippen molar-refractivity contribution in [2.75, 3.05) is 4.90 Å². The minimum atomic E-state index is -0.443. The van der Waals surface area contributed by atoms with Gasteiger partial charge in [0.05, 0.1) is 0 Å². The predicted octanol–water partition coefficient (Wildman–Crippen LogP) is 3.40. The minimum Gasteiger partial charge on any atom is -0.328 e. The Morgan fingerprint density at radius 2 is 1.72 bits per heavy atom. The molecule has 0 aliphatic carbocycles. The van der Waals surface area contributed by atoms with Crippen molar-refractivity contribution in [3.05, 3.63) is 65.7 Å². The van der Waals surface area contributed by atoms with Crippen LogP contribution >= 0.6 is 0 Å².